The molecule has 11 heavy (non-hydrogen) atoms. The van der Waals surface area contributed by atoms with Crippen molar-refractivity contribution in [1.82, 2.24) is 0 Å². The van der Waals surface area contributed by atoms with Gasteiger partial charge in [0, 0.05) is 16.1 Å². The van der Waals surface area contributed by atoms with E-state index in [0.717, 1.165) is 0 Å². The molecule has 0 aliphatic carbocycles. The summed E-state index contributed by atoms with van der Waals surface area (Å²) < 4.78 is 0. The van der Waals surface area contributed by atoms with E-state index in [9.17, 15) is 5.11 Å². The third-order valence-electron chi connectivity index (χ3n) is 1.37. The fourth-order valence-electron chi connectivity index (χ4n) is 0.775. The van der Waals surface area contributed by atoms with Crippen molar-refractivity contribution in [1.29, 1.82) is 0 Å². The maximum Gasteiger partial charge on any atom is 0.109 e. The molecule has 0 spiro atoms. The van der Waals surface area contributed by atoms with E-state index in [1.165, 1.54) is 0 Å². The summed E-state index contributed by atoms with van der Waals surface area (Å²) in [5, 5.41) is 11.0. The number of benzene rings is 1. The zero-order chi connectivity index (χ0) is 8.27. The molecular weight excluding hydrogens is 160 g/mol. The summed E-state index contributed by atoms with van der Waals surface area (Å²) in [5.41, 5.74) is 1.25. The SMILES string of the molecule is C#Cc1ccc(Cl)c(C[O])c1. The van der Waals surface area contributed by atoms with Gasteiger partial charge in [0.1, 0.15) is 6.61 Å². The maximum atomic E-state index is 10.5. The summed E-state index contributed by atoms with van der Waals surface area (Å²) in [6.45, 7) is -0.325. The number of halogens is 1. The Hall–Kier alpha value is -0.970. The van der Waals surface area contributed by atoms with Gasteiger partial charge in [0.15, 0.2) is 0 Å². The van der Waals surface area contributed by atoms with Crippen LogP contribution < -0.4 is 0 Å². The van der Waals surface area contributed by atoms with Crippen molar-refractivity contribution in [2.24, 2.45) is 0 Å². The summed E-state index contributed by atoms with van der Waals surface area (Å²) in [4.78, 5) is 0. The largest absolute Gasteiger partial charge is 0.232 e. The molecule has 0 aliphatic heterocycles. The lowest BCUT2D eigenvalue weighted by atomic mass is 10.1. The van der Waals surface area contributed by atoms with Crippen LogP contribution in [0.4, 0.5) is 0 Å². The Morgan fingerprint density at radius 1 is 1.55 bits per heavy atom. The Kier molecular flexibility index (Phi) is 2.53. The Bertz CT molecular complexity index is 299. The second-order valence-electron chi connectivity index (χ2n) is 2.09. The minimum atomic E-state index is -0.325. The quantitative estimate of drug-likeness (QED) is 0.569. The fraction of sp³-hybridized carbons (Fsp3) is 0.111. The van der Waals surface area contributed by atoms with Gasteiger partial charge in [-0.3, -0.25) is 0 Å². The van der Waals surface area contributed by atoms with Gasteiger partial charge in [0.25, 0.3) is 0 Å². The number of hydrogen-bond donors (Lipinski definition) is 0. The first-order chi connectivity index (χ1) is 5.27. The molecule has 0 bridgehead atoms. The Labute approximate surface area is 70.6 Å². The van der Waals surface area contributed by atoms with E-state index in [1.807, 2.05) is 0 Å². The molecular formula is C9H6ClO. The molecule has 0 amide bonds. The maximum absolute atomic E-state index is 10.5. The van der Waals surface area contributed by atoms with Gasteiger partial charge in [0.2, 0.25) is 0 Å². The van der Waals surface area contributed by atoms with E-state index in [1.54, 1.807) is 18.2 Å². The van der Waals surface area contributed by atoms with E-state index in [-0.39, 0.29) is 6.61 Å². The zero-order valence-corrected chi connectivity index (χ0v) is 6.56. The highest BCUT2D eigenvalue weighted by Crippen LogP contribution is 2.16. The van der Waals surface area contributed by atoms with Gasteiger partial charge < -0.3 is 0 Å². The molecule has 0 saturated heterocycles. The van der Waals surface area contributed by atoms with Crippen LogP contribution in [0.25, 0.3) is 0 Å². The monoisotopic (exact) mass is 165 g/mol. The van der Waals surface area contributed by atoms with E-state index in [2.05, 4.69) is 5.92 Å². The average Bonchev–Trinajstić information content (AvgIpc) is 2.05. The topological polar surface area (TPSA) is 19.9 Å². The molecule has 0 unspecified atom stereocenters. The van der Waals surface area contributed by atoms with Crippen molar-refractivity contribution in [2.75, 3.05) is 0 Å². The van der Waals surface area contributed by atoms with Crippen molar-refractivity contribution < 1.29 is 5.11 Å². The average molecular weight is 166 g/mol. The van der Waals surface area contributed by atoms with E-state index in [0.29, 0.717) is 16.1 Å². The van der Waals surface area contributed by atoms with Crippen LogP contribution in [0.2, 0.25) is 5.02 Å². The third kappa shape index (κ3) is 1.74. The standard InChI is InChI=1S/C9H6ClO/c1-2-7-3-4-9(10)8(5-7)6-11/h1,3-5H,6H2. The normalized spacial score (nSPS) is 9.18. The first kappa shape index (κ1) is 8.13. The lowest BCUT2D eigenvalue weighted by Gasteiger charge is -1.98. The van der Waals surface area contributed by atoms with Crippen molar-refractivity contribution in [3.05, 3.63) is 34.3 Å². The second kappa shape index (κ2) is 3.43. The van der Waals surface area contributed by atoms with Crippen LogP contribution in [0.5, 0.6) is 0 Å². The smallest absolute Gasteiger partial charge is 0.109 e. The number of rotatable bonds is 1. The molecule has 2 heteroatoms. The predicted octanol–water partition coefficient (Wildman–Crippen LogP) is 2.25. The van der Waals surface area contributed by atoms with Crippen molar-refractivity contribution in [3.8, 4) is 12.3 Å². The Balaban J connectivity index is 3.15. The van der Waals surface area contributed by atoms with Gasteiger partial charge >= 0.3 is 0 Å². The van der Waals surface area contributed by atoms with Crippen molar-refractivity contribution >= 4 is 11.6 Å². The Morgan fingerprint density at radius 3 is 2.82 bits per heavy atom. The molecule has 0 N–H and O–H groups in total. The van der Waals surface area contributed by atoms with Crippen LogP contribution in [0, 0.1) is 12.3 Å². The summed E-state index contributed by atoms with van der Waals surface area (Å²) in [6.07, 6.45) is 5.13. The summed E-state index contributed by atoms with van der Waals surface area (Å²) in [6, 6.07) is 4.99. The molecule has 0 heterocycles. The molecule has 1 rings (SSSR count). The highest BCUT2D eigenvalue weighted by Gasteiger charge is 1.98. The van der Waals surface area contributed by atoms with Crippen LogP contribution >= 0.6 is 11.6 Å². The third-order valence-corrected chi connectivity index (χ3v) is 1.74. The number of terminal acetylenes is 1. The molecule has 55 valence electrons. The van der Waals surface area contributed by atoms with Crippen LogP contribution in [-0.4, -0.2) is 0 Å². The molecule has 0 aliphatic rings. The lowest BCUT2D eigenvalue weighted by Crippen LogP contribution is -1.84. The van der Waals surface area contributed by atoms with Gasteiger partial charge in [-0.05, 0) is 18.2 Å². The minimum absolute atomic E-state index is 0.325. The van der Waals surface area contributed by atoms with Crippen molar-refractivity contribution in [3.63, 3.8) is 0 Å². The minimum Gasteiger partial charge on any atom is -0.232 e. The molecule has 1 radical (unpaired) electrons. The van der Waals surface area contributed by atoms with Crippen LogP contribution in [0.15, 0.2) is 18.2 Å². The van der Waals surface area contributed by atoms with Crippen LogP contribution in [0.3, 0.4) is 0 Å². The molecule has 1 aromatic carbocycles. The molecule has 1 aromatic rings. The number of hydrogen-bond acceptors (Lipinski definition) is 0. The predicted molar refractivity (Wildman–Crippen MR) is 43.8 cm³/mol. The summed E-state index contributed by atoms with van der Waals surface area (Å²) in [7, 11) is 0. The lowest BCUT2D eigenvalue weighted by molar-refractivity contribution is 0.177. The van der Waals surface area contributed by atoms with Gasteiger partial charge in [-0.25, -0.2) is 5.11 Å². The van der Waals surface area contributed by atoms with Crippen LogP contribution in [-0.2, 0) is 11.7 Å². The Morgan fingerprint density at radius 2 is 2.27 bits per heavy atom. The summed E-state index contributed by atoms with van der Waals surface area (Å²) in [5.74, 6) is 2.43. The first-order valence-electron chi connectivity index (χ1n) is 3.11. The van der Waals surface area contributed by atoms with Gasteiger partial charge in [0.05, 0.1) is 0 Å². The van der Waals surface area contributed by atoms with Gasteiger partial charge in [-0.1, -0.05) is 17.5 Å². The van der Waals surface area contributed by atoms with Gasteiger partial charge in [-0.2, -0.15) is 0 Å². The molecule has 0 atom stereocenters. The second-order valence-corrected chi connectivity index (χ2v) is 2.50. The van der Waals surface area contributed by atoms with Crippen LogP contribution in [0.1, 0.15) is 11.1 Å². The summed E-state index contributed by atoms with van der Waals surface area (Å²) >= 11 is 5.68. The zero-order valence-electron chi connectivity index (χ0n) is 5.80. The molecule has 0 saturated carbocycles. The van der Waals surface area contributed by atoms with E-state index in [4.69, 9.17) is 18.0 Å². The fourth-order valence-corrected chi connectivity index (χ4v) is 0.947. The first-order valence-corrected chi connectivity index (χ1v) is 3.49. The molecule has 0 aromatic heterocycles. The highest BCUT2D eigenvalue weighted by atomic mass is 35.5. The molecule has 1 nitrogen and oxygen atoms in total. The van der Waals surface area contributed by atoms with E-state index >= 15 is 0 Å². The highest BCUT2D eigenvalue weighted by molar-refractivity contribution is 6.31. The van der Waals surface area contributed by atoms with Crippen molar-refractivity contribution in [2.45, 2.75) is 6.61 Å². The van der Waals surface area contributed by atoms with Gasteiger partial charge in [-0.15, -0.1) is 6.42 Å². The van der Waals surface area contributed by atoms with E-state index < -0.39 is 0 Å². The molecule has 0 fully saturated rings.